The number of alkyl halides is 3. The number of ether oxygens (including phenoxy) is 2. The maximum atomic E-state index is 12.5. The van der Waals surface area contributed by atoms with Gasteiger partial charge in [-0.25, -0.2) is 0 Å². The Morgan fingerprint density at radius 3 is 2.33 bits per heavy atom. The first kappa shape index (κ1) is 15.0. The molecule has 0 aliphatic carbocycles. The van der Waals surface area contributed by atoms with Crippen molar-refractivity contribution >= 4 is 5.69 Å². The summed E-state index contributed by atoms with van der Waals surface area (Å²) in [4.78, 5) is 0. The molecule has 2 rings (SSSR count). The average molecular weight is 297 g/mol. The molecule has 0 unspecified atom stereocenters. The summed E-state index contributed by atoms with van der Waals surface area (Å²) < 4.78 is 48.2. The Bertz CT molecular complexity index is 599. The molecule has 0 amide bonds. The van der Waals surface area contributed by atoms with Crippen LogP contribution in [-0.2, 0) is 6.18 Å². The molecule has 0 fully saturated rings. The van der Waals surface area contributed by atoms with Crippen LogP contribution in [0.15, 0.2) is 48.5 Å². The van der Waals surface area contributed by atoms with Crippen LogP contribution in [0, 0.1) is 0 Å². The molecule has 0 atom stereocenters. The molecule has 2 aromatic carbocycles. The summed E-state index contributed by atoms with van der Waals surface area (Å²) >= 11 is 0. The zero-order valence-electron chi connectivity index (χ0n) is 11.1. The topological polar surface area (TPSA) is 44.5 Å². The minimum atomic E-state index is -4.38. The first-order valence-electron chi connectivity index (χ1n) is 6.24. The molecule has 0 bridgehead atoms. The van der Waals surface area contributed by atoms with Gasteiger partial charge in [-0.3, -0.25) is 0 Å². The lowest BCUT2D eigenvalue weighted by Gasteiger charge is -2.11. The third kappa shape index (κ3) is 4.30. The molecule has 2 aromatic rings. The van der Waals surface area contributed by atoms with Crippen molar-refractivity contribution in [3.63, 3.8) is 0 Å². The van der Waals surface area contributed by atoms with Crippen LogP contribution in [0.4, 0.5) is 18.9 Å². The van der Waals surface area contributed by atoms with Crippen LogP contribution >= 0.6 is 0 Å². The van der Waals surface area contributed by atoms with Gasteiger partial charge in [0.15, 0.2) is 0 Å². The summed E-state index contributed by atoms with van der Waals surface area (Å²) in [6.07, 6.45) is -4.38. The highest BCUT2D eigenvalue weighted by atomic mass is 19.4. The Morgan fingerprint density at radius 1 is 0.905 bits per heavy atom. The second kappa shape index (κ2) is 6.39. The number of para-hydroxylation sites is 2. The number of rotatable bonds is 5. The summed E-state index contributed by atoms with van der Waals surface area (Å²) in [5.74, 6) is 0.666. The van der Waals surface area contributed by atoms with Crippen molar-refractivity contribution < 1.29 is 22.6 Å². The van der Waals surface area contributed by atoms with E-state index in [9.17, 15) is 13.2 Å². The van der Waals surface area contributed by atoms with Crippen molar-refractivity contribution in [1.29, 1.82) is 0 Å². The van der Waals surface area contributed by atoms with E-state index in [1.54, 1.807) is 24.3 Å². The monoisotopic (exact) mass is 297 g/mol. The van der Waals surface area contributed by atoms with Crippen LogP contribution in [0.2, 0.25) is 0 Å². The van der Waals surface area contributed by atoms with E-state index >= 15 is 0 Å². The number of benzene rings is 2. The molecular weight excluding hydrogens is 283 g/mol. The lowest BCUT2D eigenvalue weighted by atomic mass is 10.2. The van der Waals surface area contributed by atoms with Crippen LogP contribution in [0.25, 0.3) is 0 Å². The SMILES string of the molecule is Nc1ccccc1OCCOc1cccc(C(F)(F)F)c1. The van der Waals surface area contributed by atoms with E-state index in [4.69, 9.17) is 15.2 Å². The van der Waals surface area contributed by atoms with E-state index in [-0.39, 0.29) is 19.0 Å². The van der Waals surface area contributed by atoms with Gasteiger partial charge in [-0.15, -0.1) is 0 Å². The summed E-state index contributed by atoms with van der Waals surface area (Å²) in [5, 5.41) is 0. The first-order valence-corrected chi connectivity index (χ1v) is 6.24. The third-order valence-electron chi connectivity index (χ3n) is 2.69. The number of anilines is 1. The largest absolute Gasteiger partial charge is 0.490 e. The Balaban J connectivity index is 1.85. The van der Waals surface area contributed by atoms with Gasteiger partial charge in [0.2, 0.25) is 0 Å². The number of halogens is 3. The van der Waals surface area contributed by atoms with E-state index < -0.39 is 11.7 Å². The van der Waals surface area contributed by atoms with Crippen molar-refractivity contribution in [2.45, 2.75) is 6.18 Å². The van der Waals surface area contributed by atoms with Crippen molar-refractivity contribution in [2.24, 2.45) is 0 Å². The number of nitrogens with two attached hydrogens (primary N) is 1. The molecule has 3 nitrogen and oxygen atoms in total. The first-order chi connectivity index (χ1) is 9.97. The highest BCUT2D eigenvalue weighted by Gasteiger charge is 2.30. The fourth-order valence-electron chi connectivity index (χ4n) is 1.69. The number of nitrogen functional groups attached to an aromatic ring is 1. The molecular formula is C15H14F3NO2. The lowest BCUT2D eigenvalue weighted by molar-refractivity contribution is -0.137. The van der Waals surface area contributed by atoms with Crippen LogP contribution in [0.5, 0.6) is 11.5 Å². The molecule has 0 aromatic heterocycles. The van der Waals surface area contributed by atoms with Gasteiger partial charge in [-0.05, 0) is 30.3 Å². The quantitative estimate of drug-likeness (QED) is 0.675. The normalized spacial score (nSPS) is 11.2. The van der Waals surface area contributed by atoms with E-state index in [1.807, 2.05) is 0 Å². The van der Waals surface area contributed by atoms with Gasteiger partial charge in [-0.2, -0.15) is 13.2 Å². The Labute approximate surface area is 120 Å². The van der Waals surface area contributed by atoms with E-state index in [1.165, 1.54) is 12.1 Å². The molecule has 0 saturated carbocycles. The minimum absolute atomic E-state index is 0.121. The standard InChI is InChI=1S/C15H14F3NO2/c16-15(17,18)11-4-3-5-12(10-11)20-8-9-21-14-7-2-1-6-13(14)19/h1-7,10H,8-9,19H2. The number of hydrogen-bond donors (Lipinski definition) is 1. The number of hydrogen-bond acceptors (Lipinski definition) is 3. The second-order valence-corrected chi connectivity index (χ2v) is 4.26. The molecule has 0 heterocycles. The van der Waals surface area contributed by atoms with Gasteiger partial charge in [0.05, 0.1) is 11.3 Å². The summed E-state index contributed by atoms with van der Waals surface area (Å²) in [6, 6.07) is 11.7. The molecule has 2 N–H and O–H groups in total. The van der Waals surface area contributed by atoms with E-state index in [0.29, 0.717) is 11.4 Å². The summed E-state index contributed by atoms with van der Waals surface area (Å²) in [6.45, 7) is 0.306. The molecule has 6 heteroatoms. The van der Waals surface area contributed by atoms with Crippen molar-refractivity contribution in [2.75, 3.05) is 18.9 Å². The third-order valence-corrected chi connectivity index (χ3v) is 2.69. The van der Waals surface area contributed by atoms with Gasteiger partial charge < -0.3 is 15.2 Å². The minimum Gasteiger partial charge on any atom is -0.490 e. The van der Waals surface area contributed by atoms with Gasteiger partial charge in [-0.1, -0.05) is 18.2 Å². The smallest absolute Gasteiger partial charge is 0.416 e. The van der Waals surface area contributed by atoms with Crippen molar-refractivity contribution in [3.05, 3.63) is 54.1 Å². The van der Waals surface area contributed by atoms with Crippen LogP contribution in [0.3, 0.4) is 0 Å². The highest BCUT2D eigenvalue weighted by molar-refractivity contribution is 5.51. The highest BCUT2D eigenvalue weighted by Crippen LogP contribution is 2.31. The zero-order valence-corrected chi connectivity index (χ0v) is 11.1. The second-order valence-electron chi connectivity index (χ2n) is 4.26. The van der Waals surface area contributed by atoms with E-state index in [0.717, 1.165) is 12.1 Å². The van der Waals surface area contributed by atoms with Crippen molar-refractivity contribution in [3.8, 4) is 11.5 Å². The zero-order chi connectivity index (χ0) is 15.3. The average Bonchev–Trinajstić information content (AvgIpc) is 2.45. The van der Waals surface area contributed by atoms with Crippen LogP contribution < -0.4 is 15.2 Å². The van der Waals surface area contributed by atoms with E-state index in [2.05, 4.69) is 0 Å². The molecule has 0 radical (unpaired) electrons. The van der Waals surface area contributed by atoms with Gasteiger partial charge in [0, 0.05) is 0 Å². The van der Waals surface area contributed by atoms with Crippen LogP contribution in [-0.4, -0.2) is 13.2 Å². The molecule has 0 saturated heterocycles. The van der Waals surface area contributed by atoms with Crippen LogP contribution in [0.1, 0.15) is 5.56 Å². The summed E-state index contributed by atoms with van der Waals surface area (Å²) in [7, 11) is 0. The maximum Gasteiger partial charge on any atom is 0.416 e. The lowest BCUT2D eigenvalue weighted by Crippen LogP contribution is -2.11. The Kier molecular flexibility index (Phi) is 4.57. The fourth-order valence-corrected chi connectivity index (χ4v) is 1.69. The van der Waals surface area contributed by atoms with Gasteiger partial charge >= 0.3 is 6.18 Å². The molecule has 0 aliphatic rings. The predicted octanol–water partition coefficient (Wildman–Crippen LogP) is 3.75. The molecule has 112 valence electrons. The molecule has 0 spiro atoms. The van der Waals surface area contributed by atoms with Gasteiger partial charge in [0.25, 0.3) is 0 Å². The summed E-state index contributed by atoms with van der Waals surface area (Å²) in [5.41, 5.74) is 5.45. The predicted molar refractivity (Wildman–Crippen MR) is 73.3 cm³/mol. The molecule has 0 aliphatic heterocycles. The maximum absolute atomic E-state index is 12.5. The molecule has 21 heavy (non-hydrogen) atoms. The van der Waals surface area contributed by atoms with Gasteiger partial charge in [0.1, 0.15) is 24.7 Å². The fraction of sp³-hybridized carbons (Fsp3) is 0.200. The Hall–Kier alpha value is -2.37. The Morgan fingerprint density at radius 2 is 1.62 bits per heavy atom. The van der Waals surface area contributed by atoms with Crippen molar-refractivity contribution in [1.82, 2.24) is 0 Å².